The van der Waals surface area contributed by atoms with Crippen LogP contribution in [0.3, 0.4) is 0 Å². The monoisotopic (exact) mass is 1210 g/mol. The Bertz CT molecular complexity index is 3750. The first-order valence-electron chi connectivity index (χ1n) is 32.2. The van der Waals surface area contributed by atoms with Crippen LogP contribution < -0.4 is 19.9 Å². The quantitative estimate of drug-likeness (QED) is 0.0738. The molecule has 446 valence electrons. The van der Waals surface area contributed by atoms with Crippen LogP contribution in [0.25, 0.3) is 88.7 Å². The molecule has 6 aromatic rings. The van der Waals surface area contributed by atoms with Gasteiger partial charge in [-0.2, -0.15) is 0 Å². The zero-order valence-corrected chi connectivity index (χ0v) is 55.4. The van der Waals surface area contributed by atoms with Gasteiger partial charge < -0.3 is 19.9 Å². The van der Waals surface area contributed by atoms with Crippen LogP contribution in [0.1, 0.15) is 263 Å². The van der Waals surface area contributed by atoms with Gasteiger partial charge in [-0.05, 0) is 171 Å². The summed E-state index contributed by atoms with van der Waals surface area (Å²) >= 11 is 0. The van der Waals surface area contributed by atoms with E-state index in [1.165, 1.54) is 100 Å². The maximum atomic E-state index is 5.90. The minimum atomic E-state index is 0. The molecule has 0 fully saturated rings. The van der Waals surface area contributed by atoms with E-state index in [1.807, 2.05) is 0 Å². The number of rotatable bonds is 19. The summed E-state index contributed by atoms with van der Waals surface area (Å²) in [5, 5.41) is 0. The van der Waals surface area contributed by atoms with E-state index in [0.717, 1.165) is 192 Å². The fourth-order valence-electron chi connectivity index (χ4n) is 14.9. The Morgan fingerprint density at radius 1 is 0.226 bits per heavy atom. The van der Waals surface area contributed by atoms with Gasteiger partial charge in [-0.25, -0.2) is 19.9 Å². The van der Waals surface area contributed by atoms with Crippen LogP contribution >= 0.6 is 0 Å². The Hall–Kier alpha value is -5.81. The summed E-state index contributed by atoms with van der Waals surface area (Å²) < 4.78 is 0. The van der Waals surface area contributed by atoms with Gasteiger partial charge in [-0.3, -0.25) is 0 Å². The molecule has 0 unspecified atom stereocenters. The van der Waals surface area contributed by atoms with Gasteiger partial charge in [-0.15, -0.1) is 44.1 Å². The molecule has 16 bridgehead atoms. The van der Waals surface area contributed by atoms with E-state index in [2.05, 4.69) is 147 Å². The first kappa shape index (κ1) is 64.2. The largest absolute Gasteiger partial charge is 2.00 e. The van der Waals surface area contributed by atoms with Crippen LogP contribution in [-0.4, -0.2) is 19.9 Å². The molecular weight excluding hydrogens is 1120 g/mol. The molecule has 0 aliphatic carbocycles. The minimum absolute atomic E-state index is 0. The molecule has 10 heterocycles. The first-order chi connectivity index (χ1) is 39.9. The molecule has 0 amide bonds. The predicted octanol–water partition coefficient (Wildman–Crippen LogP) is 18.7. The molecule has 0 N–H and O–H groups in total. The molecule has 0 radical (unpaired) electrons. The smallest absolute Gasteiger partial charge is 0.657 e. The fraction of sp³-hybridized carbons (Fsp3) is 0.459. The van der Waals surface area contributed by atoms with Gasteiger partial charge in [0.05, 0.1) is 45.6 Å². The summed E-state index contributed by atoms with van der Waals surface area (Å²) in [7, 11) is 0. The number of aromatic nitrogens is 8. The Balaban J connectivity index is 0.00000460. The van der Waals surface area contributed by atoms with Crippen molar-refractivity contribution in [1.82, 2.24) is 39.9 Å². The van der Waals surface area contributed by atoms with Crippen LogP contribution in [0.2, 0.25) is 0 Å². The molecule has 0 aromatic carbocycles. The van der Waals surface area contributed by atoms with Crippen molar-refractivity contribution >= 4 is 88.7 Å². The van der Waals surface area contributed by atoms with Gasteiger partial charge in [0, 0.05) is 0 Å². The second-order valence-corrected chi connectivity index (χ2v) is 22.5. The average Bonchev–Trinajstić information content (AvgIpc) is 4.38. The van der Waals surface area contributed by atoms with Gasteiger partial charge in [-0.1, -0.05) is 192 Å². The number of allylic oxidation sites excluding steroid dienone is 8. The van der Waals surface area contributed by atoms with Crippen molar-refractivity contribution in [3.05, 3.63) is 138 Å². The van der Waals surface area contributed by atoms with Crippen LogP contribution in [0, 0.1) is 0 Å². The number of aryl methyl sites for hydroxylation is 10. The van der Waals surface area contributed by atoms with E-state index < -0.39 is 0 Å². The van der Waals surface area contributed by atoms with Crippen molar-refractivity contribution in [1.29, 1.82) is 0 Å². The molecule has 10 heteroatoms. The number of fused-ring (bicyclic) bond motifs is 16. The molecule has 0 saturated heterocycles. The van der Waals surface area contributed by atoms with Crippen LogP contribution in [0.15, 0.2) is 36.4 Å². The van der Waals surface area contributed by atoms with E-state index in [4.69, 9.17) is 39.9 Å². The van der Waals surface area contributed by atoms with E-state index in [0.29, 0.717) is 12.8 Å². The molecule has 4 aliphatic heterocycles. The number of hydrogen-bond acceptors (Lipinski definition) is 4. The van der Waals surface area contributed by atoms with Gasteiger partial charge in [0.1, 0.15) is 0 Å². The summed E-state index contributed by atoms with van der Waals surface area (Å²) in [5.41, 5.74) is 40.0. The molecular formula is C74H90N8Ni2. The number of nitrogens with zero attached hydrogens (tertiary/aromatic N) is 8. The maximum absolute atomic E-state index is 5.90. The maximum Gasteiger partial charge on any atom is 2.00 e. The van der Waals surface area contributed by atoms with Crippen molar-refractivity contribution in [2.75, 3.05) is 0 Å². The third kappa shape index (κ3) is 10.9. The Morgan fingerprint density at radius 3 is 0.655 bits per heavy atom. The normalized spacial score (nSPS) is 13.5. The third-order valence-electron chi connectivity index (χ3n) is 18.7. The second kappa shape index (κ2) is 27.3. The molecule has 10 rings (SSSR count). The van der Waals surface area contributed by atoms with Crippen LogP contribution in [-0.2, 0) is 97.2 Å². The first-order valence-corrected chi connectivity index (χ1v) is 32.2. The summed E-state index contributed by atoms with van der Waals surface area (Å²) in [6.07, 6.45) is 15.5. The summed E-state index contributed by atoms with van der Waals surface area (Å²) in [6, 6.07) is 13.8. The molecule has 0 atom stereocenters. The van der Waals surface area contributed by atoms with E-state index in [1.54, 1.807) is 0 Å². The molecule has 0 saturated carbocycles. The standard InChI is InChI=1S/C74H90N8.2Ni/c1-17-41-45(21-5)63-37-67-49(25-9)53(29-13)71(79-67)57(72-54(30-14)50(26-10)68(80-72)38-64-46(22-6)42(18-2)60(76-64)35-59(41)75-63)33-34-58-73-55(31-15)51(27-11)69(81-73)39-65-47(23-7)43(19-3)61(77-65)36-62-44(20-4)48(24-8)66(78-62)40-70-52(28-12)56(32-16)74(58)82-70;;/h35-40H,17-34H2,1-16H3;;/q-4;2*+2. The summed E-state index contributed by atoms with van der Waals surface area (Å²) in [6.45, 7) is 36.7. The number of hydrogen-bond donors (Lipinski definition) is 0. The SMILES string of the molecule is CCC1=C(CC)c2cc3[n-]c(c(CCc4c5nc(cc6[n-]c(cc7nc(cc8[n-]c4c(CC)c8CC)C(CC)=C7CC)c(CC)c6CC)C(CC)=C5CC)c4nc(cc5[n-]c(cc1n2)c(CC)c5CC)C(CC)=C4CC)c(CC)c3CC.[Ni+2].[Ni+2]. The zero-order chi connectivity index (χ0) is 58.3. The summed E-state index contributed by atoms with van der Waals surface area (Å²) in [4.78, 5) is 45.7. The fourth-order valence-corrected chi connectivity index (χ4v) is 14.9. The van der Waals surface area contributed by atoms with Gasteiger partial charge in [0.15, 0.2) is 0 Å². The Morgan fingerprint density at radius 2 is 0.429 bits per heavy atom. The topological polar surface area (TPSA) is 108 Å². The molecule has 4 aliphatic rings. The van der Waals surface area contributed by atoms with Crippen molar-refractivity contribution in [2.24, 2.45) is 0 Å². The average molecular weight is 1210 g/mol. The second-order valence-electron chi connectivity index (χ2n) is 22.5. The Kier molecular flexibility index (Phi) is 20.8. The van der Waals surface area contributed by atoms with Crippen LogP contribution in [0.4, 0.5) is 0 Å². The minimum Gasteiger partial charge on any atom is -0.657 e. The van der Waals surface area contributed by atoms with Crippen molar-refractivity contribution in [3.63, 3.8) is 0 Å². The summed E-state index contributed by atoms with van der Waals surface area (Å²) in [5.74, 6) is 0. The molecule has 0 spiro atoms. The third-order valence-corrected chi connectivity index (χ3v) is 18.7. The van der Waals surface area contributed by atoms with Crippen molar-refractivity contribution < 1.29 is 33.0 Å². The predicted molar refractivity (Wildman–Crippen MR) is 350 cm³/mol. The zero-order valence-electron chi connectivity index (χ0n) is 53.4. The van der Waals surface area contributed by atoms with E-state index >= 15 is 0 Å². The van der Waals surface area contributed by atoms with Crippen molar-refractivity contribution in [3.8, 4) is 0 Å². The molecule has 84 heavy (non-hydrogen) atoms. The molecule has 6 aromatic heterocycles. The van der Waals surface area contributed by atoms with E-state index in [-0.39, 0.29) is 33.0 Å². The van der Waals surface area contributed by atoms with E-state index in [9.17, 15) is 0 Å². The van der Waals surface area contributed by atoms with Gasteiger partial charge >= 0.3 is 33.0 Å². The van der Waals surface area contributed by atoms with Gasteiger partial charge in [0.25, 0.3) is 0 Å². The molecule has 8 nitrogen and oxygen atoms in total. The van der Waals surface area contributed by atoms with Crippen LogP contribution in [0.5, 0.6) is 0 Å². The van der Waals surface area contributed by atoms with Gasteiger partial charge in [0.2, 0.25) is 0 Å². The Labute approximate surface area is 522 Å². The van der Waals surface area contributed by atoms with Crippen molar-refractivity contribution in [2.45, 2.75) is 226 Å².